The van der Waals surface area contributed by atoms with E-state index in [1.165, 1.54) is 25.5 Å². The second-order valence-electron chi connectivity index (χ2n) is 9.71. The molecule has 2 saturated carbocycles. The molecule has 0 aromatic rings. The van der Waals surface area contributed by atoms with E-state index in [9.17, 15) is 18.3 Å². The van der Waals surface area contributed by atoms with Crippen molar-refractivity contribution in [2.75, 3.05) is 25.1 Å². The molecule has 2 aliphatic carbocycles. The van der Waals surface area contributed by atoms with Crippen molar-refractivity contribution in [1.82, 2.24) is 10.6 Å². The van der Waals surface area contributed by atoms with Gasteiger partial charge in [-0.05, 0) is 68.1 Å². The van der Waals surface area contributed by atoms with Crippen molar-refractivity contribution in [2.24, 2.45) is 22.7 Å². The topological polar surface area (TPSA) is 95.5 Å². The normalized spacial score (nSPS) is 31.4. The lowest BCUT2D eigenvalue weighted by atomic mass is 9.52. The first kappa shape index (κ1) is 23.6. The molecule has 0 saturated heterocycles. The number of aliphatic hydroxyl groups excluding tert-OH is 1. The van der Waals surface area contributed by atoms with Crippen LogP contribution in [0.5, 0.6) is 0 Å². The van der Waals surface area contributed by atoms with Gasteiger partial charge in [-0.2, -0.15) is 0 Å². The molecule has 0 radical (unpaired) electrons. The molecule has 2 aliphatic rings. The molecule has 28 heavy (non-hydrogen) atoms. The van der Waals surface area contributed by atoms with Gasteiger partial charge in [0.05, 0.1) is 17.9 Å². The number of carbonyl (C=O) groups is 1. The van der Waals surface area contributed by atoms with Crippen molar-refractivity contribution in [3.05, 3.63) is 0 Å². The number of hydrogen-bond donors (Lipinski definition) is 3. The van der Waals surface area contributed by atoms with E-state index in [0.29, 0.717) is 17.9 Å². The largest absolute Gasteiger partial charge is 0.392 e. The van der Waals surface area contributed by atoms with E-state index in [1.807, 2.05) is 0 Å². The number of carbonyl (C=O) groups excluding carboxylic acids is 1. The minimum atomic E-state index is -3.15. The van der Waals surface area contributed by atoms with Gasteiger partial charge in [0.15, 0.2) is 0 Å². The van der Waals surface area contributed by atoms with Crippen LogP contribution in [0, 0.1) is 22.7 Å². The van der Waals surface area contributed by atoms with E-state index in [-0.39, 0.29) is 30.0 Å². The van der Waals surface area contributed by atoms with Gasteiger partial charge in [0.2, 0.25) is 5.91 Å². The molecule has 0 aliphatic heterocycles. The van der Waals surface area contributed by atoms with Crippen LogP contribution in [0.1, 0.15) is 66.2 Å². The first-order valence-electron chi connectivity index (χ1n) is 10.8. The summed E-state index contributed by atoms with van der Waals surface area (Å²) < 4.78 is 23.1. The third kappa shape index (κ3) is 5.08. The number of nitrogens with one attached hydrogen (secondary N) is 2. The van der Waals surface area contributed by atoms with E-state index in [2.05, 4.69) is 31.4 Å². The number of aliphatic hydroxyl groups is 1. The number of hydrogen-bond acceptors (Lipinski definition) is 5. The monoisotopic (exact) mass is 416 g/mol. The molecule has 6 nitrogen and oxygen atoms in total. The zero-order chi connectivity index (χ0) is 21.2. The zero-order valence-corrected chi connectivity index (χ0v) is 19.1. The van der Waals surface area contributed by atoms with Crippen molar-refractivity contribution in [2.45, 2.75) is 78.4 Å². The molecule has 7 heteroatoms. The molecule has 2 rings (SSSR count). The average molecular weight is 417 g/mol. The number of sulfone groups is 1. The van der Waals surface area contributed by atoms with Crippen LogP contribution < -0.4 is 10.6 Å². The summed E-state index contributed by atoms with van der Waals surface area (Å²) in [5.41, 5.74) is 0.578. The minimum Gasteiger partial charge on any atom is -0.392 e. The first-order chi connectivity index (χ1) is 12.9. The summed E-state index contributed by atoms with van der Waals surface area (Å²) in [5, 5.41) is 15.7. The highest BCUT2D eigenvalue weighted by molar-refractivity contribution is 7.90. The third-order valence-electron chi connectivity index (χ3n) is 7.79. The van der Waals surface area contributed by atoms with Crippen LogP contribution in [-0.4, -0.2) is 56.7 Å². The van der Waals surface area contributed by atoms with Gasteiger partial charge in [0.1, 0.15) is 9.84 Å². The maximum Gasteiger partial charge on any atom is 0.237 e. The Balaban J connectivity index is 2.02. The minimum absolute atomic E-state index is 0.0467. The lowest BCUT2D eigenvalue weighted by Gasteiger charge is -2.53. The van der Waals surface area contributed by atoms with Crippen molar-refractivity contribution in [3.63, 3.8) is 0 Å². The third-order valence-corrected chi connectivity index (χ3v) is 8.77. The van der Waals surface area contributed by atoms with E-state index in [0.717, 1.165) is 18.8 Å². The van der Waals surface area contributed by atoms with Gasteiger partial charge in [-0.1, -0.05) is 20.8 Å². The predicted molar refractivity (Wildman–Crippen MR) is 113 cm³/mol. The molecule has 0 spiro atoms. The van der Waals surface area contributed by atoms with Crippen molar-refractivity contribution in [3.8, 4) is 0 Å². The van der Waals surface area contributed by atoms with Crippen LogP contribution in [0.15, 0.2) is 0 Å². The summed E-state index contributed by atoms with van der Waals surface area (Å²) in [4.78, 5) is 12.8. The molecule has 0 aromatic heterocycles. The van der Waals surface area contributed by atoms with Gasteiger partial charge in [0, 0.05) is 19.3 Å². The summed E-state index contributed by atoms with van der Waals surface area (Å²) in [5.74, 6) is 1.04. The molecule has 1 amide bonds. The van der Waals surface area contributed by atoms with Gasteiger partial charge in [0.25, 0.3) is 0 Å². The molecule has 5 atom stereocenters. The Kier molecular flexibility index (Phi) is 7.59. The van der Waals surface area contributed by atoms with Gasteiger partial charge >= 0.3 is 0 Å². The maximum atomic E-state index is 12.8. The molecule has 0 heterocycles. The van der Waals surface area contributed by atoms with E-state index in [1.54, 1.807) is 6.92 Å². The van der Waals surface area contributed by atoms with Crippen LogP contribution in [-0.2, 0) is 14.6 Å². The van der Waals surface area contributed by atoms with Gasteiger partial charge in [-0.3, -0.25) is 4.79 Å². The van der Waals surface area contributed by atoms with Gasteiger partial charge in [-0.25, -0.2) is 8.42 Å². The summed E-state index contributed by atoms with van der Waals surface area (Å²) in [6.45, 7) is 9.64. The second-order valence-corrected chi connectivity index (χ2v) is 12.0. The summed E-state index contributed by atoms with van der Waals surface area (Å²) in [6, 6.07) is -0.602. The quantitative estimate of drug-likeness (QED) is 0.507. The molecule has 2 unspecified atom stereocenters. The van der Waals surface area contributed by atoms with Gasteiger partial charge in [-0.15, -0.1) is 0 Å². The van der Waals surface area contributed by atoms with Gasteiger partial charge < -0.3 is 15.7 Å². The Hall–Kier alpha value is -0.660. The van der Waals surface area contributed by atoms with Crippen LogP contribution in [0.25, 0.3) is 0 Å². The van der Waals surface area contributed by atoms with Crippen LogP contribution in [0.3, 0.4) is 0 Å². The molecule has 3 N–H and O–H groups in total. The molecule has 2 bridgehead atoms. The van der Waals surface area contributed by atoms with Crippen LogP contribution >= 0.6 is 0 Å². The summed E-state index contributed by atoms with van der Waals surface area (Å²) in [7, 11) is -3.15. The van der Waals surface area contributed by atoms with Crippen LogP contribution in [0.4, 0.5) is 0 Å². The fourth-order valence-corrected chi connectivity index (χ4v) is 6.64. The highest BCUT2D eigenvalue weighted by Gasteiger charge is 2.59. The first-order valence-corrected chi connectivity index (χ1v) is 12.9. The second kappa shape index (κ2) is 9.00. The number of rotatable bonds is 10. The van der Waals surface area contributed by atoms with E-state index >= 15 is 0 Å². The Morgan fingerprint density at radius 1 is 1.25 bits per heavy atom. The zero-order valence-electron chi connectivity index (χ0n) is 18.3. The van der Waals surface area contributed by atoms with Crippen molar-refractivity contribution < 1.29 is 18.3 Å². The average Bonchev–Trinajstić information content (AvgIpc) is 2.73. The fourth-order valence-electron chi connectivity index (χ4n) is 5.97. The predicted octanol–water partition coefficient (Wildman–Crippen LogP) is 2.12. The fraction of sp³-hybridized carbons (Fsp3) is 0.952. The summed E-state index contributed by atoms with van der Waals surface area (Å²) >= 11 is 0. The van der Waals surface area contributed by atoms with Crippen LogP contribution in [0.2, 0.25) is 0 Å². The lowest BCUT2D eigenvalue weighted by Crippen LogP contribution is -2.52. The van der Waals surface area contributed by atoms with Crippen molar-refractivity contribution >= 4 is 15.7 Å². The Labute approximate surface area is 171 Å². The highest BCUT2D eigenvalue weighted by Crippen LogP contribution is 2.66. The Morgan fingerprint density at radius 2 is 1.93 bits per heavy atom. The number of amides is 1. The lowest BCUT2D eigenvalue weighted by molar-refractivity contribution is -0.124. The maximum absolute atomic E-state index is 12.8. The molecule has 2 fully saturated rings. The van der Waals surface area contributed by atoms with E-state index in [4.69, 9.17) is 0 Å². The highest BCUT2D eigenvalue weighted by atomic mass is 32.2. The van der Waals surface area contributed by atoms with E-state index < -0.39 is 22.0 Å². The molecule has 164 valence electrons. The summed E-state index contributed by atoms with van der Waals surface area (Å²) in [6.07, 6.45) is 6.85. The standard InChI is InChI=1S/C21H40N2O4S/c1-6-21-11-9-16(20(21,3)4)7-8-17(21)14-23-19(25)18(22-13-15(2)24)10-12-28(5,26)27/h15-18,22,24H,6-14H2,1-5H3,(H,23,25)/t15-,16?,17+,18-,21?/m0/s1. The Morgan fingerprint density at radius 3 is 2.50 bits per heavy atom. The molecular weight excluding hydrogens is 376 g/mol. The van der Waals surface area contributed by atoms with Crippen molar-refractivity contribution in [1.29, 1.82) is 0 Å². The SMILES string of the molecule is CCC12CCC(CC[C@@H]1CNC(=O)[C@H](CCS(C)(=O)=O)NC[C@H](C)O)C2(C)C. The molecule has 0 aromatic carbocycles. The molecular formula is C21H40N2O4S. The Bertz CT molecular complexity index is 647. The smallest absolute Gasteiger partial charge is 0.237 e. The number of fused-ring (bicyclic) bond motifs is 2.